The lowest BCUT2D eigenvalue weighted by atomic mass is 10.0. The number of benzene rings is 2. The first-order valence-corrected chi connectivity index (χ1v) is 11.0. The quantitative estimate of drug-likeness (QED) is 0.567. The average molecular weight is 435 g/mol. The molecule has 0 radical (unpaired) electrons. The highest BCUT2D eigenvalue weighted by Gasteiger charge is 2.21. The second kappa shape index (κ2) is 10.5. The second-order valence-electron chi connectivity index (χ2n) is 8.06. The third-order valence-electron chi connectivity index (χ3n) is 5.99. The molecule has 0 saturated carbocycles. The van der Waals surface area contributed by atoms with Crippen molar-refractivity contribution in [2.75, 3.05) is 52.9 Å². The van der Waals surface area contributed by atoms with Crippen LogP contribution in [0.15, 0.2) is 60.8 Å². The van der Waals surface area contributed by atoms with Crippen molar-refractivity contribution in [3.63, 3.8) is 0 Å². The first-order valence-electron chi connectivity index (χ1n) is 11.0. The van der Waals surface area contributed by atoms with E-state index in [2.05, 4.69) is 20.1 Å². The van der Waals surface area contributed by atoms with Crippen molar-refractivity contribution < 1.29 is 14.6 Å². The molecule has 7 nitrogen and oxygen atoms in total. The Labute approximate surface area is 188 Å². The third-order valence-corrected chi connectivity index (χ3v) is 5.99. The van der Waals surface area contributed by atoms with Crippen LogP contribution in [0.3, 0.4) is 0 Å². The maximum atomic E-state index is 12.1. The van der Waals surface area contributed by atoms with Gasteiger partial charge in [-0.25, -0.2) is 0 Å². The molecule has 7 heteroatoms. The predicted molar refractivity (Wildman–Crippen MR) is 125 cm³/mol. The molecule has 0 unspecified atom stereocenters. The molecule has 4 rings (SSSR count). The number of ether oxygens (including phenoxy) is 1. The van der Waals surface area contributed by atoms with Gasteiger partial charge in [0, 0.05) is 63.0 Å². The molecule has 1 aliphatic heterocycles. The summed E-state index contributed by atoms with van der Waals surface area (Å²) in [5, 5.41) is 14.9. The molecular weight excluding hydrogens is 404 g/mol. The number of piperazine rings is 1. The fourth-order valence-electron chi connectivity index (χ4n) is 4.12. The number of hydrogen-bond donors (Lipinski definition) is 2. The van der Waals surface area contributed by atoms with Crippen LogP contribution in [0.2, 0.25) is 0 Å². The summed E-state index contributed by atoms with van der Waals surface area (Å²) >= 11 is 0. The Morgan fingerprint density at radius 2 is 1.84 bits per heavy atom. The summed E-state index contributed by atoms with van der Waals surface area (Å²) in [6, 6.07) is 16.9. The zero-order valence-corrected chi connectivity index (χ0v) is 18.4. The number of aliphatic hydroxyl groups excluding tert-OH is 1. The van der Waals surface area contributed by atoms with Crippen molar-refractivity contribution in [2.45, 2.75) is 6.10 Å². The Morgan fingerprint density at radius 3 is 2.59 bits per heavy atom. The van der Waals surface area contributed by atoms with Gasteiger partial charge in [0.2, 0.25) is 0 Å². The zero-order valence-electron chi connectivity index (χ0n) is 18.4. The van der Waals surface area contributed by atoms with Crippen LogP contribution in [0, 0.1) is 0 Å². The minimum Gasteiger partial charge on any atom is -0.497 e. The number of nitrogens with zero attached hydrogens (tertiary/aromatic N) is 3. The highest BCUT2D eigenvalue weighted by molar-refractivity contribution is 5.94. The topological polar surface area (TPSA) is 77.9 Å². The lowest BCUT2D eigenvalue weighted by molar-refractivity contribution is 0.0725. The van der Waals surface area contributed by atoms with Crippen LogP contribution < -0.4 is 10.1 Å². The molecule has 2 aromatic carbocycles. The van der Waals surface area contributed by atoms with Gasteiger partial charge in [0.15, 0.2) is 0 Å². The molecule has 0 spiro atoms. The van der Waals surface area contributed by atoms with Gasteiger partial charge in [-0.15, -0.1) is 0 Å². The van der Waals surface area contributed by atoms with Crippen LogP contribution in [0.1, 0.15) is 22.0 Å². The van der Waals surface area contributed by atoms with Gasteiger partial charge in [0.25, 0.3) is 5.91 Å². The molecule has 1 amide bonds. The van der Waals surface area contributed by atoms with Crippen molar-refractivity contribution in [1.29, 1.82) is 0 Å². The molecule has 1 fully saturated rings. The Balaban J connectivity index is 1.25. The van der Waals surface area contributed by atoms with E-state index in [1.165, 1.54) is 0 Å². The second-order valence-corrected chi connectivity index (χ2v) is 8.06. The van der Waals surface area contributed by atoms with Crippen molar-refractivity contribution >= 4 is 16.8 Å². The lowest BCUT2D eigenvalue weighted by Gasteiger charge is -2.35. The van der Waals surface area contributed by atoms with Crippen LogP contribution in [-0.2, 0) is 0 Å². The number of fused-ring (bicyclic) bond motifs is 1. The molecule has 0 aliphatic carbocycles. The van der Waals surface area contributed by atoms with Gasteiger partial charge in [-0.2, -0.15) is 0 Å². The molecule has 1 atom stereocenters. The molecule has 1 aliphatic rings. The van der Waals surface area contributed by atoms with E-state index < -0.39 is 6.10 Å². The van der Waals surface area contributed by atoms with Crippen LogP contribution in [0.4, 0.5) is 0 Å². The van der Waals surface area contributed by atoms with E-state index in [1.807, 2.05) is 54.6 Å². The molecule has 2 heterocycles. The summed E-state index contributed by atoms with van der Waals surface area (Å²) < 4.78 is 5.34. The summed E-state index contributed by atoms with van der Waals surface area (Å²) in [5.41, 5.74) is 2.41. The molecule has 32 heavy (non-hydrogen) atoms. The van der Waals surface area contributed by atoms with Gasteiger partial charge >= 0.3 is 0 Å². The van der Waals surface area contributed by atoms with E-state index in [1.54, 1.807) is 13.3 Å². The summed E-state index contributed by atoms with van der Waals surface area (Å²) in [7, 11) is 1.64. The van der Waals surface area contributed by atoms with Crippen molar-refractivity contribution in [3.05, 3.63) is 71.9 Å². The Kier molecular flexibility index (Phi) is 7.32. The zero-order chi connectivity index (χ0) is 22.3. The van der Waals surface area contributed by atoms with Gasteiger partial charge in [-0.3, -0.25) is 19.6 Å². The molecule has 1 saturated heterocycles. The van der Waals surface area contributed by atoms with Gasteiger partial charge < -0.3 is 15.2 Å². The number of pyridine rings is 1. The van der Waals surface area contributed by atoms with Gasteiger partial charge in [0.1, 0.15) is 5.75 Å². The number of β-amino-alcohol motifs (C(OH)–C–C–N with tert-alkyl or cyclic N) is 1. The standard InChI is InChI=1S/C25H30N4O3/c1-32-20-7-8-23-22(17-20)21(9-10-26-23)24(30)18-29-15-13-28(14-16-29)12-11-27-25(31)19-5-3-2-4-6-19/h2-10,17,24,30H,11-16,18H2,1H3,(H,27,31)/t24-/m0/s1. The summed E-state index contributed by atoms with van der Waals surface area (Å²) in [6.45, 7) is 5.63. The van der Waals surface area contributed by atoms with Crippen molar-refractivity contribution in [2.24, 2.45) is 0 Å². The van der Waals surface area contributed by atoms with E-state index in [4.69, 9.17) is 4.74 Å². The highest BCUT2D eigenvalue weighted by atomic mass is 16.5. The molecule has 0 bridgehead atoms. The van der Waals surface area contributed by atoms with Crippen LogP contribution in [0.5, 0.6) is 5.75 Å². The molecule has 2 N–H and O–H groups in total. The Bertz CT molecular complexity index is 1040. The number of methoxy groups -OCH3 is 1. The maximum Gasteiger partial charge on any atom is 0.251 e. The van der Waals surface area contributed by atoms with E-state index in [0.29, 0.717) is 18.7 Å². The highest BCUT2D eigenvalue weighted by Crippen LogP contribution is 2.27. The third kappa shape index (κ3) is 5.43. The average Bonchev–Trinajstić information content (AvgIpc) is 2.84. The van der Waals surface area contributed by atoms with Crippen LogP contribution in [0.25, 0.3) is 10.9 Å². The van der Waals surface area contributed by atoms with Crippen LogP contribution in [-0.4, -0.2) is 78.7 Å². The number of aliphatic hydroxyl groups is 1. The number of amides is 1. The monoisotopic (exact) mass is 434 g/mol. The largest absolute Gasteiger partial charge is 0.497 e. The first kappa shape index (κ1) is 22.2. The lowest BCUT2D eigenvalue weighted by Crippen LogP contribution is -2.49. The number of carbonyl (C=O) groups is 1. The number of nitrogens with one attached hydrogen (secondary N) is 1. The molecule has 3 aromatic rings. The van der Waals surface area contributed by atoms with E-state index in [0.717, 1.165) is 54.9 Å². The maximum absolute atomic E-state index is 12.1. The van der Waals surface area contributed by atoms with Gasteiger partial charge in [-0.05, 0) is 42.0 Å². The Morgan fingerprint density at radius 1 is 1.09 bits per heavy atom. The molecular formula is C25H30N4O3. The fraction of sp³-hybridized carbons (Fsp3) is 0.360. The number of rotatable bonds is 8. The van der Waals surface area contributed by atoms with Gasteiger partial charge in [-0.1, -0.05) is 18.2 Å². The number of hydrogen-bond acceptors (Lipinski definition) is 6. The first-order chi connectivity index (χ1) is 15.6. The minimum atomic E-state index is -0.593. The fourth-order valence-corrected chi connectivity index (χ4v) is 4.12. The van der Waals surface area contributed by atoms with Crippen molar-refractivity contribution in [3.8, 4) is 5.75 Å². The summed E-state index contributed by atoms with van der Waals surface area (Å²) in [4.78, 5) is 21.2. The van der Waals surface area contributed by atoms with Crippen LogP contribution >= 0.6 is 0 Å². The smallest absolute Gasteiger partial charge is 0.251 e. The number of carbonyl (C=O) groups excluding carboxylic acids is 1. The normalized spacial score (nSPS) is 16.1. The van der Waals surface area contributed by atoms with E-state index in [-0.39, 0.29) is 5.91 Å². The van der Waals surface area contributed by atoms with E-state index in [9.17, 15) is 9.90 Å². The SMILES string of the molecule is COc1ccc2nccc([C@@H](O)CN3CCN(CCNC(=O)c4ccccc4)CC3)c2c1. The van der Waals surface area contributed by atoms with Gasteiger partial charge in [0.05, 0.1) is 18.7 Å². The molecule has 168 valence electrons. The van der Waals surface area contributed by atoms with E-state index >= 15 is 0 Å². The minimum absolute atomic E-state index is 0.0337. The Hall–Kier alpha value is -3.00. The summed E-state index contributed by atoms with van der Waals surface area (Å²) in [5.74, 6) is 0.723. The predicted octanol–water partition coefficient (Wildman–Crippen LogP) is 2.32. The molecule has 1 aromatic heterocycles. The summed E-state index contributed by atoms with van der Waals surface area (Å²) in [6.07, 6.45) is 1.15. The number of aromatic nitrogens is 1. The van der Waals surface area contributed by atoms with Crippen molar-refractivity contribution in [1.82, 2.24) is 20.1 Å².